The van der Waals surface area contributed by atoms with Crippen molar-refractivity contribution in [3.05, 3.63) is 42.7 Å². The second-order valence-corrected chi connectivity index (χ2v) is 5.86. The number of likely N-dealkylation sites (N-methyl/N-ethyl adjacent to an activating group) is 1. The van der Waals surface area contributed by atoms with Crippen LogP contribution in [0.15, 0.2) is 47.1 Å². The van der Waals surface area contributed by atoms with Crippen molar-refractivity contribution < 1.29 is 13.9 Å². The Balaban J connectivity index is 1.59. The first-order chi connectivity index (χ1) is 11.2. The van der Waals surface area contributed by atoms with Gasteiger partial charge in [0.25, 0.3) is 0 Å². The number of hydrogen-bond acceptors (Lipinski definition) is 3. The van der Waals surface area contributed by atoms with E-state index < -0.39 is 0 Å². The average Bonchev–Trinajstić information content (AvgIpc) is 3.10. The van der Waals surface area contributed by atoms with Gasteiger partial charge >= 0.3 is 6.03 Å². The van der Waals surface area contributed by atoms with Gasteiger partial charge in [0.05, 0.1) is 12.4 Å². The first-order valence-corrected chi connectivity index (χ1v) is 8.00. The van der Waals surface area contributed by atoms with Crippen LogP contribution >= 0.6 is 0 Å². The van der Waals surface area contributed by atoms with Crippen LogP contribution in [0.1, 0.15) is 19.3 Å². The third-order valence-electron chi connectivity index (χ3n) is 4.02. The lowest BCUT2D eigenvalue weighted by Gasteiger charge is -2.27. The van der Waals surface area contributed by atoms with Crippen LogP contribution in [0.5, 0.6) is 0 Å². The number of nitrogens with one attached hydrogen (secondary N) is 1. The van der Waals surface area contributed by atoms with E-state index in [2.05, 4.69) is 5.32 Å². The molecule has 1 fully saturated rings. The van der Waals surface area contributed by atoms with Gasteiger partial charge in [0, 0.05) is 31.5 Å². The molecule has 2 heterocycles. The Morgan fingerprint density at radius 1 is 1.30 bits per heavy atom. The summed E-state index contributed by atoms with van der Waals surface area (Å²) in [7, 11) is 1.80. The lowest BCUT2D eigenvalue weighted by atomic mass is 10.1. The molecule has 0 radical (unpaired) electrons. The number of urea groups is 1. The molecule has 122 valence electrons. The quantitative estimate of drug-likeness (QED) is 0.928. The van der Waals surface area contributed by atoms with E-state index in [4.69, 9.17) is 9.15 Å². The molecule has 1 N–H and O–H groups in total. The van der Waals surface area contributed by atoms with Crippen molar-refractivity contribution in [3.8, 4) is 11.3 Å². The Morgan fingerprint density at radius 2 is 2.22 bits per heavy atom. The predicted molar refractivity (Wildman–Crippen MR) is 89.4 cm³/mol. The summed E-state index contributed by atoms with van der Waals surface area (Å²) in [4.78, 5) is 14.0. The lowest BCUT2D eigenvalue weighted by molar-refractivity contribution is 0.00463. The molecule has 23 heavy (non-hydrogen) atoms. The van der Waals surface area contributed by atoms with Crippen molar-refractivity contribution in [1.29, 1.82) is 0 Å². The van der Waals surface area contributed by atoms with E-state index in [9.17, 15) is 4.79 Å². The number of benzene rings is 1. The predicted octanol–water partition coefficient (Wildman–Crippen LogP) is 3.98. The Labute approximate surface area is 136 Å². The van der Waals surface area contributed by atoms with Gasteiger partial charge in [0.15, 0.2) is 0 Å². The highest BCUT2D eigenvalue weighted by Crippen LogP contribution is 2.23. The number of amides is 2. The number of ether oxygens (including phenoxy) is 1. The minimum Gasteiger partial charge on any atom is -0.464 e. The first kappa shape index (κ1) is 15.6. The molecule has 2 aromatic rings. The summed E-state index contributed by atoms with van der Waals surface area (Å²) in [5.74, 6) is 0.782. The molecule has 1 saturated heterocycles. The van der Waals surface area contributed by atoms with Crippen molar-refractivity contribution in [2.75, 3.05) is 25.5 Å². The van der Waals surface area contributed by atoms with Crippen LogP contribution in [0.4, 0.5) is 10.5 Å². The van der Waals surface area contributed by atoms with E-state index >= 15 is 0 Å². The van der Waals surface area contributed by atoms with Gasteiger partial charge in [0.1, 0.15) is 5.76 Å². The van der Waals surface area contributed by atoms with Crippen molar-refractivity contribution in [2.45, 2.75) is 25.4 Å². The molecule has 1 aromatic heterocycles. The Bertz CT molecular complexity index is 633. The number of anilines is 1. The van der Waals surface area contributed by atoms with E-state index in [-0.39, 0.29) is 12.1 Å². The normalized spacial score (nSPS) is 17.7. The van der Waals surface area contributed by atoms with Gasteiger partial charge in [0.2, 0.25) is 0 Å². The highest BCUT2D eigenvalue weighted by molar-refractivity contribution is 5.89. The zero-order chi connectivity index (χ0) is 16.1. The molecule has 0 bridgehead atoms. The van der Waals surface area contributed by atoms with Crippen LogP contribution in [0.3, 0.4) is 0 Å². The molecule has 0 aliphatic carbocycles. The Hall–Kier alpha value is -2.27. The zero-order valence-electron chi connectivity index (χ0n) is 13.3. The summed E-state index contributed by atoms with van der Waals surface area (Å²) in [6.45, 7) is 1.41. The molecular formula is C18H22N2O3. The van der Waals surface area contributed by atoms with Gasteiger partial charge in [-0.05, 0) is 43.5 Å². The van der Waals surface area contributed by atoms with Crippen LogP contribution in [0.2, 0.25) is 0 Å². The molecular weight excluding hydrogens is 292 g/mol. The van der Waals surface area contributed by atoms with E-state index in [1.807, 2.05) is 36.4 Å². The fourth-order valence-electron chi connectivity index (χ4n) is 2.75. The molecule has 5 heteroatoms. The molecule has 3 rings (SSSR count). The molecule has 1 aliphatic rings. The summed E-state index contributed by atoms with van der Waals surface area (Å²) < 4.78 is 11.1. The van der Waals surface area contributed by atoms with Crippen LogP contribution in [-0.4, -0.2) is 37.2 Å². The highest BCUT2D eigenvalue weighted by atomic mass is 16.5. The first-order valence-electron chi connectivity index (χ1n) is 8.00. The third kappa shape index (κ3) is 4.13. The van der Waals surface area contributed by atoms with E-state index in [0.29, 0.717) is 6.54 Å². The maximum absolute atomic E-state index is 12.3. The molecule has 2 amide bonds. The van der Waals surface area contributed by atoms with Crippen molar-refractivity contribution in [2.24, 2.45) is 0 Å². The van der Waals surface area contributed by atoms with Crippen LogP contribution < -0.4 is 5.32 Å². The summed E-state index contributed by atoms with van der Waals surface area (Å²) in [5.41, 5.74) is 1.69. The molecule has 0 unspecified atom stereocenters. The van der Waals surface area contributed by atoms with E-state index in [1.54, 1.807) is 18.2 Å². The minimum atomic E-state index is -0.129. The maximum atomic E-state index is 12.3. The van der Waals surface area contributed by atoms with Gasteiger partial charge in [-0.15, -0.1) is 0 Å². The number of furan rings is 1. The van der Waals surface area contributed by atoms with Crippen molar-refractivity contribution >= 4 is 11.7 Å². The van der Waals surface area contributed by atoms with Gasteiger partial charge in [-0.3, -0.25) is 0 Å². The van der Waals surface area contributed by atoms with E-state index in [0.717, 1.165) is 36.5 Å². The fourth-order valence-corrected chi connectivity index (χ4v) is 2.75. The molecule has 0 saturated carbocycles. The molecule has 1 atom stereocenters. The van der Waals surface area contributed by atoms with Crippen LogP contribution in [-0.2, 0) is 4.74 Å². The van der Waals surface area contributed by atoms with Gasteiger partial charge in [-0.1, -0.05) is 12.1 Å². The standard InChI is InChI=1S/C18H22N2O3/c1-20(13-16-8-2-3-10-22-16)18(21)19-15-7-4-6-14(12-15)17-9-5-11-23-17/h4-7,9,11-12,16H,2-3,8,10,13H2,1H3,(H,19,21)/t16-/m1/s1. The molecule has 1 aromatic carbocycles. The van der Waals surface area contributed by atoms with Crippen LogP contribution in [0.25, 0.3) is 11.3 Å². The van der Waals surface area contributed by atoms with Gasteiger partial charge in [-0.2, -0.15) is 0 Å². The van der Waals surface area contributed by atoms with Crippen molar-refractivity contribution in [1.82, 2.24) is 4.90 Å². The van der Waals surface area contributed by atoms with Gasteiger partial charge < -0.3 is 19.4 Å². The second kappa shape index (κ2) is 7.33. The zero-order valence-corrected chi connectivity index (χ0v) is 13.3. The largest absolute Gasteiger partial charge is 0.464 e. The summed E-state index contributed by atoms with van der Waals surface area (Å²) in [6, 6.07) is 11.2. The third-order valence-corrected chi connectivity index (χ3v) is 4.02. The average molecular weight is 314 g/mol. The summed E-state index contributed by atoms with van der Waals surface area (Å²) in [6.07, 6.45) is 5.09. The highest BCUT2D eigenvalue weighted by Gasteiger charge is 2.18. The number of carbonyl (C=O) groups excluding carboxylic acids is 1. The lowest BCUT2D eigenvalue weighted by Crippen LogP contribution is -2.39. The molecule has 0 spiro atoms. The van der Waals surface area contributed by atoms with Crippen LogP contribution in [0, 0.1) is 0 Å². The SMILES string of the molecule is CN(C[C@H]1CCCCO1)C(=O)Nc1cccc(-c2ccco2)c1. The number of nitrogens with zero attached hydrogens (tertiary/aromatic N) is 1. The summed E-state index contributed by atoms with van der Waals surface area (Å²) >= 11 is 0. The van der Waals surface area contributed by atoms with Gasteiger partial charge in [-0.25, -0.2) is 4.79 Å². The minimum absolute atomic E-state index is 0.129. The maximum Gasteiger partial charge on any atom is 0.321 e. The topological polar surface area (TPSA) is 54.7 Å². The monoisotopic (exact) mass is 314 g/mol. The van der Waals surface area contributed by atoms with Crippen molar-refractivity contribution in [3.63, 3.8) is 0 Å². The van der Waals surface area contributed by atoms with E-state index in [1.165, 1.54) is 6.42 Å². The fraction of sp³-hybridized carbons (Fsp3) is 0.389. The Kier molecular flexibility index (Phi) is 4.98. The number of hydrogen-bond donors (Lipinski definition) is 1. The Morgan fingerprint density at radius 3 is 2.96 bits per heavy atom. The summed E-state index contributed by atoms with van der Waals surface area (Å²) in [5, 5.41) is 2.92. The second-order valence-electron chi connectivity index (χ2n) is 5.86. The smallest absolute Gasteiger partial charge is 0.321 e. The number of carbonyl (C=O) groups is 1. The number of rotatable bonds is 4. The molecule has 1 aliphatic heterocycles. The molecule has 5 nitrogen and oxygen atoms in total.